The van der Waals surface area contributed by atoms with Crippen molar-refractivity contribution in [3.8, 4) is 5.75 Å². The summed E-state index contributed by atoms with van der Waals surface area (Å²) < 4.78 is 42.7. The van der Waals surface area contributed by atoms with E-state index in [1.807, 2.05) is 0 Å². The number of phenolic OH excluding ortho intramolecular Hbond substituents is 1. The first-order valence-electron chi connectivity index (χ1n) is 5.08. The van der Waals surface area contributed by atoms with Gasteiger partial charge >= 0.3 is 0 Å². The van der Waals surface area contributed by atoms with Gasteiger partial charge in [0.2, 0.25) is 0 Å². The summed E-state index contributed by atoms with van der Waals surface area (Å²) in [7, 11) is -4.13. The normalized spacial score (nSPS) is 24.3. The second kappa shape index (κ2) is 4.56. The van der Waals surface area contributed by atoms with Crippen LogP contribution < -0.4 is 5.73 Å². The van der Waals surface area contributed by atoms with Crippen molar-refractivity contribution in [2.45, 2.75) is 16.3 Å². The summed E-state index contributed by atoms with van der Waals surface area (Å²) in [5.41, 5.74) is 5.29. The number of aromatic hydroxyl groups is 1. The molecular formula is C10H11ClFNO4S. The number of benzene rings is 1. The summed E-state index contributed by atoms with van der Waals surface area (Å²) in [6, 6.07) is 2.52. The van der Waals surface area contributed by atoms with Gasteiger partial charge in [-0.05, 0) is 12.1 Å². The Hall–Kier alpha value is -1.05. The number of hydrogen-bond donors (Lipinski definition) is 2. The van der Waals surface area contributed by atoms with Gasteiger partial charge in [0, 0.05) is 0 Å². The highest BCUT2D eigenvalue weighted by atomic mass is 35.5. The maximum absolute atomic E-state index is 13.5. The van der Waals surface area contributed by atoms with Crippen molar-refractivity contribution in [2.75, 3.05) is 18.9 Å². The molecule has 1 aromatic carbocycles. The van der Waals surface area contributed by atoms with Gasteiger partial charge in [0.05, 0.1) is 23.9 Å². The van der Waals surface area contributed by atoms with Crippen molar-refractivity contribution in [2.24, 2.45) is 0 Å². The average Bonchev–Trinajstić information content (AvgIpc) is 2.71. The largest absolute Gasteiger partial charge is 0.504 e. The third-order valence-corrected chi connectivity index (χ3v) is 5.40. The van der Waals surface area contributed by atoms with E-state index in [1.54, 1.807) is 0 Å². The highest BCUT2D eigenvalue weighted by Crippen LogP contribution is 2.38. The molecule has 1 fully saturated rings. The predicted molar refractivity (Wildman–Crippen MR) is 64.2 cm³/mol. The number of ether oxygens (including phenoxy) is 1. The number of hydrogen-bond acceptors (Lipinski definition) is 5. The maximum atomic E-state index is 13.5. The first-order chi connectivity index (χ1) is 8.35. The number of rotatable bonds is 2. The summed E-state index contributed by atoms with van der Waals surface area (Å²) in [5, 5.41) is 8.14. The van der Waals surface area contributed by atoms with Crippen LogP contribution in [0.3, 0.4) is 0 Å². The van der Waals surface area contributed by atoms with Crippen LogP contribution in [0.1, 0.15) is 0 Å². The van der Waals surface area contributed by atoms with E-state index in [1.165, 1.54) is 12.1 Å². The van der Waals surface area contributed by atoms with Gasteiger partial charge in [0.1, 0.15) is 16.3 Å². The van der Waals surface area contributed by atoms with Crippen molar-refractivity contribution >= 4 is 27.1 Å². The molecule has 0 aromatic heterocycles. The molecule has 2 rings (SSSR count). The van der Waals surface area contributed by atoms with Crippen molar-refractivity contribution in [3.05, 3.63) is 17.2 Å². The van der Waals surface area contributed by atoms with Crippen LogP contribution in [0.4, 0.5) is 10.1 Å². The molecule has 18 heavy (non-hydrogen) atoms. The predicted octanol–water partition coefficient (Wildman–Crippen LogP) is 1.14. The van der Waals surface area contributed by atoms with E-state index in [0.29, 0.717) is 0 Å². The molecule has 0 radical (unpaired) electrons. The van der Waals surface area contributed by atoms with E-state index in [9.17, 15) is 17.9 Å². The van der Waals surface area contributed by atoms with Gasteiger partial charge in [-0.15, -0.1) is 0 Å². The molecule has 1 aliphatic heterocycles. The Bertz CT molecular complexity index is 577. The molecule has 0 saturated carbocycles. The number of halogens is 2. The molecule has 1 aliphatic rings. The fourth-order valence-electron chi connectivity index (χ4n) is 1.78. The lowest BCUT2D eigenvalue weighted by Gasteiger charge is -2.15. The zero-order valence-corrected chi connectivity index (χ0v) is 10.7. The molecule has 1 saturated heterocycles. The summed E-state index contributed by atoms with van der Waals surface area (Å²) in [6.45, 7) is -0.557. The second-order valence-corrected chi connectivity index (χ2v) is 6.46. The third-order valence-electron chi connectivity index (χ3n) is 2.76. The van der Waals surface area contributed by atoms with Gasteiger partial charge in [-0.1, -0.05) is 11.6 Å². The first kappa shape index (κ1) is 13.4. The Morgan fingerprint density at radius 1 is 1.44 bits per heavy atom. The maximum Gasteiger partial charge on any atom is 0.191 e. The fraction of sp³-hybridized carbons (Fsp3) is 0.400. The number of sulfone groups is 1. The van der Waals surface area contributed by atoms with Gasteiger partial charge in [-0.2, -0.15) is 0 Å². The van der Waals surface area contributed by atoms with Gasteiger partial charge in [0.25, 0.3) is 0 Å². The molecule has 0 aliphatic carbocycles. The number of nitrogens with two attached hydrogens (primary N) is 1. The van der Waals surface area contributed by atoms with Gasteiger partial charge in [-0.25, -0.2) is 12.8 Å². The molecule has 8 heteroatoms. The molecule has 1 heterocycles. The van der Waals surface area contributed by atoms with Crippen LogP contribution >= 0.6 is 11.6 Å². The van der Waals surface area contributed by atoms with Crippen molar-refractivity contribution in [3.63, 3.8) is 0 Å². The van der Waals surface area contributed by atoms with E-state index >= 15 is 0 Å². The van der Waals surface area contributed by atoms with E-state index in [0.717, 1.165) is 0 Å². The average molecular weight is 296 g/mol. The lowest BCUT2D eigenvalue weighted by Crippen LogP contribution is -2.30. The van der Waals surface area contributed by atoms with Crippen LogP contribution in [-0.2, 0) is 14.6 Å². The molecule has 0 spiro atoms. The molecule has 2 atom stereocenters. The number of alkyl halides is 1. The second-order valence-electron chi connectivity index (χ2n) is 3.95. The lowest BCUT2D eigenvalue weighted by molar-refractivity contribution is 0.173. The fourth-order valence-corrected chi connectivity index (χ4v) is 4.02. The highest BCUT2D eigenvalue weighted by Gasteiger charge is 2.42. The Morgan fingerprint density at radius 3 is 2.67 bits per heavy atom. The minimum atomic E-state index is -4.13. The van der Waals surface area contributed by atoms with Gasteiger partial charge < -0.3 is 15.6 Å². The Morgan fingerprint density at radius 2 is 2.11 bits per heavy atom. The Labute approximate surface area is 108 Å². The van der Waals surface area contributed by atoms with Crippen LogP contribution in [0, 0.1) is 0 Å². The van der Waals surface area contributed by atoms with Crippen molar-refractivity contribution < 1.29 is 22.7 Å². The first-order valence-corrected chi connectivity index (χ1v) is 7.00. The Kier molecular flexibility index (Phi) is 3.39. The van der Waals surface area contributed by atoms with Crippen LogP contribution in [0.25, 0.3) is 0 Å². The van der Waals surface area contributed by atoms with Gasteiger partial charge in [-0.3, -0.25) is 0 Å². The van der Waals surface area contributed by atoms with Crippen LogP contribution in [0.5, 0.6) is 5.75 Å². The summed E-state index contributed by atoms with van der Waals surface area (Å²) in [4.78, 5) is -0.540. The molecule has 5 nitrogen and oxygen atoms in total. The van der Waals surface area contributed by atoms with E-state index in [4.69, 9.17) is 22.1 Å². The summed E-state index contributed by atoms with van der Waals surface area (Å²) in [6.07, 6.45) is -1.65. The molecule has 1 aromatic rings. The van der Waals surface area contributed by atoms with E-state index in [2.05, 4.69) is 0 Å². The molecule has 0 amide bonds. The molecular weight excluding hydrogens is 285 g/mol. The minimum Gasteiger partial charge on any atom is -0.504 e. The summed E-state index contributed by atoms with van der Waals surface area (Å²) in [5.74, 6) is -0.651. The number of anilines is 1. The summed E-state index contributed by atoms with van der Waals surface area (Å²) >= 11 is 5.75. The number of phenols is 1. The lowest BCUT2D eigenvalue weighted by atomic mass is 10.3. The minimum absolute atomic E-state index is 0.132. The molecule has 3 N–H and O–H groups in total. The molecule has 100 valence electrons. The molecule has 2 unspecified atom stereocenters. The zero-order valence-electron chi connectivity index (χ0n) is 9.14. The smallest absolute Gasteiger partial charge is 0.191 e. The topological polar surface area (TPSA) is 89.6 Å². The van der Waals surface area contributed by atoms with Crippen LogP contribution in [0.2, 0.25) is 5.02 Å². The highest BCUT2D eigenvalue weighted by molar-refractivity contribution is 7.92. The van der Waals surface area contributed by atoms with Crippen molar-refractivity contribution in [1.29, 1.82) is 0 Å². The van der Waals surface area contributed by atoms with Crippen molar-refractivity contribution in [1.82, 2.24) is 0 Å². The third kappa shape index (κ3) is 2.02. The quantitative estimate of drug-likeness (QED) is 0.631. The SMILES string of the molecule is Nc1ccc(Cl)c(S(=O)(=O)C2COCC2F)c1O. The van der Waals surface area contributed by atoms with Gasteiger partial charge in [0.15, 0.2) is 15.6 Å². The van der Waals surface area contributed by atoms with E-state index < -0.39 is 31.9 Å². The Balaban J connectivity index is 2.58. The zero-order chi connectivity index (χ0) is 13.5. The van der Waals surface area contributed by atoms with Crippen LogP contribution in [-0.4, -0.2) is 38.2 Å². The standard InChI is InChI=1S/C10H11ClFNO4S/c11-5-1-2-7(13)9(14)10(5)18(15,16)8-4-17-3-6(8)12/h1-2,6,8,14H,3-4,13H2. The van der Waals surface area contributed by atoms with Crippen LogP contribution in [0.15, 0.2) is 17.0 Å². The molecule has 0 bridgehead atoms. The van der Waals surface area contributed by atoms with E-state index in [-0.39, 0.29) is 23.9 Å². The monoisotopic (exact) mass is 295 g/mol. The number of nitrogen functional groups attached to an aromatic ring is 1.